The molecule has 0 aliphatic heterocycles. The molecule has 2 amide bonds. The number of rotatable bonds is 4. The van der Waals surface area contributed by atoms with Gasteiger partial charge in [0.2, 0.25) is 5.91 Å². The van der Waals surface area contributed by atoms with Gasteiger partial charge in [-0.25, -0.2) is 0 Å². The van der Waals surface area contributed by atoms with Crippen LogP contribution in [0.5, 0.6) is 0 Å². The average Bonchev–Trinajstić information content (AvgIpc) is 2.46. The molecule has 1 heterocycles. The molecule has 0 aliphatic rings. The molecular formula is C15H18N4O2. The summed E-state index contributed by atoms with van der Waals surface area (Å²) in [6.45, 7) is 4.07. The first-order chi connectivity index (χ1) is 10.0. The van der Waals surface area contributed by atoms with Crippen molar-refractivity contribution >= 4 is 28.3 Å². The van der Waals surface area contributed by atoms with Crippen LogP contribution in [0, 0.1) is 6.92 Å². The third kappa shape index (κ3) is 3.28. The van der Waals surface area contributed by atoms with Crippen molar-refractivity contribution in [2.24, 2.45) is 0 Å². The summed E-state index contributed by atoms with van der Waals surface area (Å²) in [6.07, 6.45) is 1.57. The minimum absolute atomic E-state index is 0.129. The Labute approximate surface area is 122 Å². The number of nitrogen functional groups attached to an aromatic ring is 1. The first-order valence-corrected chi connectivity index (χ1v) is 6.67. The molecule has 4 N–H and O–H groups in total. The summed E-state index contributed by atoms with van der Waals surface area (Å²) in [5, 5.41) is 6.93. The van der Waals surface area contributed by atoms with E-state index in [0.717, 1.165) is 16.3 Å². The molecule has 0 atom stereocenters. The van der Waals surface area contributed by atoms with Crippen molar-refractivity contribution in [3.63, 3.8) is 0 Å². The Kier molecular flexibility index (Phi) is 4.37. The van der Waals surface area contributed by atoms with Gasteiger partial charge in [-0.15, -0.1) is 0 Å². The number of amides is 2. The van der Waals surface area contributed by atoms with Crippen LogP contribution in [0.2, 0.25) is 0 Å². The molecule has 0 spiro atoms. The summed E-state index contributed by atoms with van der Waals surface area (Å²) >= 11 is 0. The smallest absolute Gasteiger partial charge is 0.270 e. The number of fused-ring (bicyclic) bond motifs is 1. The molecule has 6 heteroatoms. The fourth-order valence-electron chi connectivity index (χ4n) is 2.16. The van der Waals surface area contributed by atoms with Gasteiger partial charge in [-0.1, -0.05) is 6.07 Å². The number of hydrogen-bond acceptors (Lipinski definition) is 4. The number of nitrogens with two attached hydrogens (primary N) is 1. The maximum atomic E-state index is 12.2. The molecule has 1 aromatic heterocycles. The lowest BCUT2D eigenvalue weighted by Crippen LogP contribution is -2.34. The molecule has 1 aromatic carbocycles. The van der Waals surface area contributed by atoms with Gasteiger partial charge >= 0.3 is 0 Å². The van der Waals surface area contributed by atoms with E-state index in [-0.39, 0.29) is 11.8 Å². The normalized spacial score (nSPS) is 10.4. The largest absolute Gasteiger partial charge is 0.398 e. The fraction of sp³-hybridized carbons (Fsp3) is 0.267. The highest BCUT2D eigenvalue weighted by atomic mass is 16.2. The van der Waals surface area contributed by atoms with Crippen LogP contribution in [0.25, 0.3) is 10.8 Å². The zero-order valence-electron chi connectivity index (χ0n) is 12.1. The SMILES string of the molecule is CC(=O)NCCNC(=O)c1nccc2c(N)ccc(C)c12. The van der Waals surface area contributed by atoms with Crippen molar-refractivity contribution in [1.82, 2.24) is 15.6 Å². The standard InChI is InChI=1S/C15H18N4O2/c1-9-3-4-12(16)11-5-6-18-14(13(9)11)15(21)19-8-7-17-10(2)20/h3-6H,7-8,16H2,1-2H3,(H,17,20)(H,19,21). The van der Waals surface area contributed by atoms with E-state index in [2.05, 4.69) is 15.6 Å². The number of pyridine rings is 1. The van der Waals surface area contributed by atoms with E-state index in [0.29, 0.717) is 24.5 Å². The van der Waals surface area contributed by atoms with E-state index in [1.807, 2.05) is 19.1 Å². The summed E-state index contributed by atoms with van der Waals surface area (Å²) in [5.74, 6) is -0.407. The van der Waals surface area contributed by atoms with Gasteiger partial charge in [0, 0.05) is 42.7 Å². The second kappa shape index (κ2) is 6.21. The van der Waals surface area contributed by atoms with Gasteiger partial charge in [-0.05, 0) is 24.6 Å². The van der Waals surface area contributed by atoms with Crippen LogP contribution in [0.1, 0.15) is 23.0 Å². The molecular weight excluding hydrogens is 268 g/mol. The van der Waals surface area contributed by atoms with Crippen LogP contribution in [0.3, 0.4) is 0 Å². The number of carbonyl (C=O) groups excluding carboxylic acids is 2. The molecule has 2 rings (SSSR count). The molecule has 110 valence electrons. The number of aromatic nitrogens is 1. The van der Waals surface area contributed by atoms with Gasteiger partial charge in [0.15, 0.2) is 0 Å². The highest BCUT2D eigenvalue weighted by molar-refractivity contribution is 6.09. The van der Waals surface area contributed by atoms with E-state index in [9.17, 15) is 9.59 Å². The quantitative estimate of drug-likeness (QED) is 0.577. The van der Waals surface area contributed by atoms with Gasteiger partial charge in [-0.2, -0.15) is 0 Å². The Balaban J connectivity index is 2.24. The lowest BCUT2D eigenvalue weighted by Gasteiger charge is -2.10. The molecule has 0 saturated carbocycles. The number of carbonyl (C=O) groups is 2. The Morgan fingerprint density at radius 1 is 1.19 bits per heavy atom. The highest BCUT2D eigenvalue weighted by Gasteiger charge is 2.14. The van der Waals surface area contributed by atoms with E-state index in [1.54, 1.807) is 12.3 Å². The Hall–Kier alpha value is -2.63. The van der Waals surface area contributed by atoms with E-state index < -0.39 is 0 Å². The van der Waals surface area contributed by atoms with E-state index in [1.165, 1.54) is 6.92 Å². The van der Waals surface area contributed by atoms with Crippen molar-refractivity contribution in [2.45, 2.75) is 13.8 Å². The number of nitrogens with zero attached hydrogens (tertiary/aromatic N) is 1. The Morgan fingerprint density at radius 2 is 1.90 bits per heavy atom. The molecule has 2 aromatic rings. The number of anilines is 1. The lowest BCUT2D eigenvalue weighted by molar-refractivity contribution is -0.118. The molecule has 0 bridgehead atoms. The van der Waals surface area contributed by atoms with Crippen LogP contribution >= 0.6 is 0 Å². The van der Waals surface area contributed by atoms with Gasteiger partial charge in [0.1, 0.15) is 5.69 Å². The molecule has 0 saturated heterocycles. The summed E-state index contributed by atoms with van der Waals surface area (Å²) < 4.78 is 0. The van der Waals surface area contributed by atoms with Crippen molar-refractivity contribution in [3.8, 4) is 0 Å². The minimum Gasteiger partial charge on any atom is -0.398 e. The van der Waals surface area contributed by atoms with Crippen molar-refractivity contribution in [1.29, 1.82) is 0 Å². The van der Waals surface area contributed by atoms with Crippen LogP contribution < -0.4 is 16.4 Å². The molecule has 0 radical (unpaired) electrons. The number of hydrogen-bond donors (Lipinski definition) is 3. The van der Waals surface area contributed by atoms with Crippen LogP contribution in [0.15, 0.2) is 24.4 Å². The summed E-state index contributed by atoms with van der Waals surface area (Å²) in [7, 11) is 0. The summed E-state index contributed by atoms with van der Waals surface area (Å²) in [5.41, 5.74) is 7.85. The molecule has 0 fully saturated rings. The summed E-state index contributed by atoms with van der Waals surface area (Å²) in [6, 6.07) is 5.48. The first kappa shape index (κ1) is 14.8. The molecule has 0 unspecified atom stereocenters. The highest BCUT2D eigenvalue weighted by Crippen LogP contribution is 2.26. The average molecular weight is 286 g/mol. The van der Waals surface area contributed by atoms with Crippen molar-refractivity contribution in [2.75, 3.05) is 18.8 Å². The van der Waals surface area contributed by atoms with Crippen LogP contribution in [0.4, 0.5) is 5.69 Å². The lowest BCUT2D eigenvalue weighted by atomic mass is 10.0. The van der Waals surface area contributed by atoms with Crippen molar-refractivity contribution < 1.29 is 9.59 Å². The second-order valence-corrected chi connectivity index (χ2v) is 4.79. The fourth-order valence-corrected chi connectivity index (χ4v) is 2.16. The summed E-state index contributed by atoms with van der Waals surface area (Å²) in [4.78, 5) is 27.2. The number of benzene rings is 1. The van der Waals surface area contributed by atoms with E-state index >= 15 is 0 Å². The molecule has 21 heavy (non-hydrogen) atoms. The zero-order chi connectivity index (χ0) is 15.4. The topological polar surface area (TPSA) is 97.1 Å². The second-order valence-electron chi connectivity index (χ2n) is 4.79. The maximum Gasteiger partial charge on any atom is 0.270 e. The zero-order valence-corrected chi connectivity index (χ0v) is 12.1. The molecule has 6 nitrogen and oxygen atoms in total. The maximum absolute atomic E-state index is 12.2. The van der Waals surface area contributed by atoms with E-state index in [4.69, 9.17) is 5.73 Å². The number of nitrogens with one attached hydrogen (secondary N) is 2. The Bertz CT molecular complexity index is 697. The van der Waals surface area contributed by atoms with Gasteiger partial charge in [0.25, 0.3) is 5.91 Å². The van der Waals surface area contributed by atoms with Crippen LogP contribution in [-0.4, -0.2) is 29.9 Å². The number of aryl methyl sites for hydroxylation is 1. The third-order valence-electron chi connectivity index (χ3n) is 3.17. The van der Waals surface area contributed by atoms with Gasteiger partial charge < -0.3 is 16.4 Å². The minimum atomic E-state index is -0.278. The predicted octanol–water partition coefficient (Wildman–Crippen LogP) is 0.991. The third-order valence-corrected chi connectivity index (χ3v) is 3.17. The van der Waals surface area contributed by atoms with Gasteiger partial charge in [0.05, 0.1) is 0 Å². The van der Waals surface area contributed by atoms with Crippen LogP contribution in [-0.2, 0) is 4.79 Å². The van der Waals surface area contributed by atoms with Gasteiger partial charge in [-0.3, -0.25) is 14.6 Å². The van der Waals surface area contributed by atoms with Crippen molar-refractivity contribution in [3.05, 3.63) is 35.7 Å². The Morgan fingerprint density at radius 3 is 2.62 bits per heavy atom. The molecule has 0 aliphatic carbocycles. The monoisotopic (exact) mass is 286 g/mol. The first-order valence-electron chi connectivity index (χ1n) is 6.67. The predicted molar refractivity (Wildman–Crippen MR) is 81.9 cm³/mol.